The summed E-state index contributed by atoms with van der Waals surface area (Å²) in [6.07, 6.45) is 5.33. The van der Waals surface area contributed by atoms with Crippen molar-refractivity contribution in [1.82, 2.24) is 5.32 Å². The van der Waals surface area contributed by atoms with Crippen LogP contribution in [0.3, 0.4) is 0 Å². The van der Waals surface area contributed by atoms with Gasteiger partial charge in [0, 0.05) is 0 Å². The van der Waals surface area contributed by atoms with Crippen LogP contribution in [-0.2, 0) is 27.7 Å². The first-order valence-electron chi connectivity index (χ1n) is 12.3. The van der Waals surface area contributed by atoms with Gasteiger partial charge < -0.3 is 5.32 Å². The number of nitrogens with one attached hydrogen (secondary N) is 1. The Morgan fingerprint density at radius 1 is 0.914 bits per heavy atom. The van der Waals surface area contributed by atoms with E-state index in [1.54, 1.807) is 36.4 Å². The minimum absolute atomic E-state index is 0.166. The second kappa shape index (κ2) is 10.6. The summed E-state index contributed by atoms with van der Waals surface area (Å²) in [5.74, 6) is -0.327. The van der Waals surface area contributed by atoms with Crippen molar-refractivity contribution >= 4 is 21.6 Å². The van der Waals surface area contributed by atoms with Gasteiger partial charge in [0.15, 0.2) is 0 Å². The Morgan fingerprint density at radius 2 is 1.63 bits per heavy atom. The summed E-state index contributed by atoms with van der Waals surface area (Å²) in [7, 11) is -3.93. The summed E-state index contributed by atoms with van der Waals surface area (Å²) < 4.78 is 28.5. The van der Waals surface area contributed by atoms with E-state index in [2.05, 4.69) is 23.5 Å². The highest BCUT2D eigenvalue weighted by Gasteiger charge is 2.28. The molecule has 6 heteroatoms. The number of anilines is 1. The summed E-state index contributed by atoms with van der Waals surface area (Å²) >= 11 is 0. The molecule has 0 aliphatic heterocycles. The zero-order chi connectivity index (χ0) is 25.0. The SMILES string of the molecule is CCC(NC(=O)CN(c1cccc(C)c1)S(=O)(=O)c1ccc(C)cc1)c1ccc2c(c1)CCCC2. The van der Waals surface area contributed by atoms with Crippen LogP contribution in [0.2, 0.25) is 0 Å². The van der Waals surface area contributed by atoms with Crippen LogP contribution in [0.5, 0.6) is 0 Å². The van der Waals surface area contributed by atoms with Crippen LogP contribution >= 0.6 is 0 Å². The molecule has 1 N–H and O–H groups in total. The number of fused-ring (bicyclic) bond motifs is 1. The molecule has 1 aliphatic carbocycles. The first-order valence-corrected chi connectivity index (χ1v) is 13.8. The zero-order valence-corrected chi connectivity index (χ0v) is 21.6. The van der Waals surface area contributed by atoms with Crippen LogP contribution in [0.1, 0.15) is 60.0 Å². The third-order valence-electron chi connectivity index (χ3n) is 6.70. The molecular formula is C29H34N2O3S. The molecule has 5 nitrogen and oxygen atoms in total. The number of aryl methyl sites for hydroxylation is 4. The minimum atomic E-state index is -3.93. The summed E-state index contributed by atoms with van der Waals surface area (Å²) in [4.78, 5) is 13.4. The van der Waals surface area contributed by atoms with E-state index in [-0.39, 0.29) is 23.4 Å². The van der Waals surface area contributed by atoms with Crippen molar-refractivity contribution in [2.45, 2.75) is 63.8 Å². The van der Waals surface area contributed by atoms with Gasteiger partial charge in [0.1, 0.15) is 6.54 Å². The molecule has 1 unspecified atom stereocenters. The fraction of sp³-hybridized carbons (Fsp3) is 0.345. The Hall–Kier alpha value is -3.12. The number of hydrogen-bond donors (Lipinski definition) is 1. The molecule has 3 aromatic carbocycles. The van der Waals surface area contributed by atoms with Gasteiger partial charge in [-0.2, -0.15) is 0 Å². The first kappa shape index (κ1) is 25.0. The monoisotopic (exact) mass is 490 g/mol. The van der Waals surface area contributed by atoms with Gasteiger partial charge in [-0.1, -0.05) is 55.0 Å². The second-order valence-electron chi connectivity index (χ2n) is 9.43. The third-order valence-corrected chi connectivity index (χ3v) is 8.49. The maximum absolute atomic E-state index is 13.6. The molecule has 0 aromatic heterocycles. The molecule has 1 atom stereocenters. The number of nitrogens with zero attached hydrogens (tertiary/aromatic N) is 1. The predicted molar refractivity (Wildman–Crippen MR) is 141 cm³/mol. The number of rotatable bonds is 8. The highest BCUT2D eigenvalue weighted by Crippen LogP contribution is 2.27. The van der Waals surface area contributed by atoms with Gasteiger partial charge in [0.2, 0.25) is 5.91 Å². The van der Waals surface area contributed by atoms with Crippen molar-refractivity contribution in [3.63, 3.8) is 0 Å². The molecule has 0 saturated carbocycles. The van der Waals surface area contributed by atoms with Crippen molar-refractivity contribution in [2.24, 2.45) is 0 Å². The van der Waals surface area contributed by atoms with Crippen LogP contribution in [0.25, 0.3) is 0 Å². The molecule has 1 aliphatic rings. The lowest BCUT2D eigenvalue weighted by Gasteiger charge is -2.26. The first-order chi connectivity index (χ1) is 16.8. The summed E-state index contributed by atoms with van der Waals surface area (Å²) in [6, 6.07) is 20.3. The maximum atomic E-state index is 13.6. The molecule has 0 spiro atoms. The second-order valence-corrected chi connectivity index (χ2v) is 11.3. The van der Waals surface area contributed by atoms with E-state index in [0.717, 1.165) is 36.0 Å². The molecule has 0 fully saturated rings. The van der Waals surface area contributed by atoms with Crippen molar-refractivity contribution in [2.75, 3.05) is 10.8 Å². The van der Waals surface area contributed by atoms with Crippen molar-refractivity contribution in [1.29, 1.82) is 0 Å². The van der Waals surface area contributed by atoms with Gasteiger partial charge in [-0.25, -0.2) is 8.42 Å². The predicted octanol–water partition coefficient (Wildman–Crippen LogP) is 5.65. The van der Waals surface area contributed by atoms with Crippen LogP contribution in [-0.4, -0.2) is 20.9 Å². The van der Waals surface area contributed by atoms with Crippen molar-refractivity contribution in [3.05, 3.63) is 94.5 Å². The average molecular weight is 491 g/mol. The normalized spacial score (nSPS) is 14.1. The van der Waals surface area contributed by atoms with E-state index in [0.29, 0.717) is 5.69 Å². The lowest BCUT2D eigenvalue weighted by Crippen LogP contribution is -2.42. The third kappa shape index (κ3) is 5.76. The van der Waals surface area contributed by atoms with E-state index in [1.807, 2.05) is 32.9 Å². The van der Waals surface area contributed by atoms with E-state index < -0.39 is 10.0 Å². The van der Waals surface area contributed by atoms with Gasteiger partial charge in [0.05, 0.1) is 16.6 Å². The molecule has 0 saturated heterocycles. The Kier molecular flexibility index (Phi) is 7.60. The van der Waals surface area contributed by atoms with Gasteiger partial charge >= 0.3 is 0 Å². The van der Waals surface area contributed by atoms with Crippen molar-refractivity contribution in [3.8, 4) is 0 Å². The fourth-order valence-corrected chi connectivity index (χ4v) is 6.11. The standard InChI is InChI=1S/C29H34N2O3S/c1-4-28(25-15-14-23-9-5-6-10-24(23)19-25)30-29(32)20-31(26-11-7-8-22(3)18-26)35(33,34)27-16-12-21(2)13-17-27/h7-8,11-19,28H,4-6,9-10,20H2,1-3H3,(H,30,32). The Bertz CT molecular complexity index is 1300. The van der Waals surface area contributed by atoms with Crippen LogP contribution in [0.4, 0.5) is 5.69 Å². The Morgan fingerprint density at radius 3 is 2.31 bits per heavy atom. The molecular weight excluding hydrogens is 456 g/mol. The molecule has 0 bridgehead atoms. The number of hydrogen-bond acceptors (Lipinski definition) is 3. The van der Waals surface area contributed by atoms with Crippen LogP contribution in [0.15, 0.2) is 71.6 Å². The topological polar surface area (TPSA) is 66.5 Å². The number of sulfonamides is 1. The van der Waals surface area contributed by atoms with Crippen LogP contribution in [0, 0.1) is 13.8 Å². The molecule has 1 amide bonds. The summed E-state index contributed by atoms with van der Waals surface area (Å²) in [6.45, 7) is 5.56. The van der Waals surface area contributed by atoms with E-state index in [9.17, 15) is 13.2 Å². The lowest BCUT2D eigenvalue weighted by molar-refractivity contribution is -0.120. The molecule has 184 valence electrons. The zero-order valence-electron chi connectivity index (χ0n) is 20.8. The average Bonchev–Trinajstić information content (AvgIpc) is 2.85. The van der Waals surface area contributed by atoms with Gasteiger partial charge in [-0.05, 0) is 92.5 Å². The minimum Gasteiger partial charge on any atom is -0.348 e. The Labute approximate surface area is 209 Å². The number of amides is 1. The molecule has 3 aromatic rings. The summed E-state index contributed by atoms with van der Waals surface area (Å²) in [5, 5.41) is 3.09. The highest BCUT2D eigenvalue weighted by atomic mass is 32.2. The quantitative estimate of drug-likeness (QED) is 0.444. The highest BCUT2D eigenvalue weighted by molar-refractivity contribution is 7.92. The van der Waals surface area contributed by atoms with E-state index in [1.165, 1.54) is 28.3 Å². The number of carbonyl (C=O) groups is 1. The molecule has 0 heterocycles. The van der Waals surface area contributed by atoms with E-state index in [4.69, 9.17) is 0 Å². The smallest absolute Gasteiger partial charge is 0.264 e. The van der Waals surface area contributed by atoms with Gasteiger partial charge in [-0.3, -0.25) is 9.10 Å². The van der Waals surface area contributed by atoms with Crippen LogP contribution < -0.4 is 9.62 Å². The van der Waals surface area contributed by atoms with Crippen molar-refractivity contribution < 1.29 is 13.2 Å². The maximum Gasteiger partial charge on any atom is 0.264 e. The summed E-state index contributed by atoms with van der Waals surface area (Å²) in [5.41, 5.74) is 6.21. The largest absolute Gasteiger partial charge is 0.348 e. The van der Waals surface area contributed by atoms with E-state index >= 15 is 0 Å². The molecule has 4 rings (SSSR count). The van der Waals surface area contributed by atoms with Gasteiger partial charge in [0.25, 0.3) is 10.0 Å². The fourth-order valence-electron chi connectivity index (χ4n) is 4.70. The molecule has 35 heavy (non-hydrogen) atoms. The number of benzene rings is 3. The Balaban J connectivity index is 1.60. The molecule has 0 radical (unpaired) electrons. The number of carbonyl (C=O) groups excluding carboxylic acids is 1. The lowest BCUT2D eigenvalue weighted by atomic mass is 9.89. The van der Waals surface area contributed by atoms with Gasteiger partial charge in [-0.15, -0.1) is 0 Å².